The Morgan fingerprint density at radius 2 is 1.90 bits per heavy atom. The Morgan fingerprint density at radius 3 is 2.62 bits per heavy atom. The maximum Gasteiger partial charge on any atom is 0.407 e. The molecule has 2 rings (SSSR count). The number of ether oxygens (including phenoxy) is 1. The average molecular weight is 288 g/mol. The fraction of sp³-hybridized carbons (Fsp3) is 0.375. The van der Waals surface area contributed by atoms with E-state index in [2.05, 4.69) is 5.32 Å². The van der Waals surface area contributed by atoms with Gasteiger partial charge in [-0.2, -0.15) is 0 Å². The van der Waals surface area contributed by atoms with E-state index in [1.165, 1.54) is 0 Å². The minimum absolute atomic E-state index is 0.0628. The van der Waals surface area contributed by atoms with Gasteiger partial charge in [0, 0.05) is 17.1 Å². The van der Waals surface area contributed by atoms with Gasteiger partial charge in [0.05, 0.1) is 11.9 Å². The summed E-state index contributed by atoms with van der Waals surface area (Å²) in [6.07, 6.45) is 1.38. The van der Waals surface area contributed by atoms with Gasteiger partial charge in [-0.15, -0.1) is 0 Å². The summed E-state index contributed by atoms with van der Waals surface area (Å²) in [5.41, 5.74) is 0.513. The number of amides is 1. The van der Waals surface area contributed by atoms with E-state index in [-0.39, 0.29) is 24.5 Å². The third-order valence-corrected chi connectivity index (χ3v) is 2.89. The van der Waals surface area contributed by atoms with Crippen molar-refractivity contribution in [2.24, 2.45) is 0 Å². The molecule has 0 spiro atoms. The van der Waals surface area contributed by atoms with Crippen molar-refractivity contribution < 1.29 is 14.3 Å². The van der Waals surface area contributed by atoms with Crippen molar-refractivity contribution in [1.29, 1.82) is 0 Å². The molecule has 0 saturated carbocycles. The highest BCUT2D eigenvalue weighted by Gasteiger charge is 2.15. The fourth-order valence-electron chi connectivity index (χ4n) is 1.99. The first-order valence-electron chi connectivity index (χ1n) is 6.91. The number of carbonyl (C=O) groups excluding carboxylic acids is 2. The van der Waals surface area contributed by atoms with Gasteiger partial charge in [0.2, 0.25) is 5.91 Å². The monoisotopic (exact) mass is 288 g/mol. The van der Waals surface area contributed by atoms with Crippen molar-refractivity contribution in [3.63, 3.8) is 0 Å². The van der Waals surface area contributed by atoms with Gasteiger partial charge in [-0.05, 0) is 32.9 Å². The number of alkyl carbamates (subject to hydrolysis) is 1. The zero-order valence-corrected chi connectivity index (χ0v) is 12.6. The quantitative estimate of drug-likeness (QED) is 0.943. The zero-order valence-electron chi connectivity index (χ0n) is 12.6. The molecule has 0 bridgehead atoms. The summed E-state index contributed by atoms with van der Waals surface area (Å²) in [5.74, 6) is -0.0974. The number of para-hydroxylation sites is 1. The predicted octanol–water partition coefficient (Wildman–Crippen LogP) is 3.20. The molecule has 21 heavy (non-hydrogen) atoms. The normalized spacial score (nSPS) is 11.4. The van der Waals surface area contributed by atoms with Crippen molar-refractivity contribution >= 4 is 22.9 Å². The summed E-state index contributed by atoms with van der Waals surface area (Å²) in [6.45, 7) is 5.66. The number of nitrogens with one attached hydrogen (secondary N) is 1. The van der Waals surface area contributed by atoms with E-state index in [1.54, 1.807) is 10.8 Å². The van der Waals surface area contributed by atoms with E-state index in [0.717, 1.165) is 10.9 Å². The van der Waals surface area contributed by atoms with Crippen LogP contribution in [0, 0.1) is 0 Å². The first-order valence-corrected chi connectivity index (χ1v) is 6.91. The molecule has 1 aromatic heterocycles. The summed E-state index contributed by atoms with van der Waals surface area (Å²) in [4.78, 5) is 23.6. The van der Waals surface area contributed by atoms with Crippen molar-refractivity contribution in [3.8, 4) is 0 Å². The Morgan fingerprint density at radius 1 is 1.19 bits per heavy atom. The molecule has 1 aromatic carbocycles. The largest absolute Gasteiger partial charge is 0.449 e. The molecule has 0 aliphatic carbocycles. The van der Waals surface area contributed by atoms with E-state index >= 15 is 0 Å². The lowest BCUT2D eigenvalue weighted by Crippen LogP contribution is -2.41. The lowest BCUT2D eigenvalue weighted by molar-refractivity contribution is 0.0855. The summed E-state index contributed by atoms with van der Waals surface area (Å²) in [6, 6.07) is 9.55. The predicted molar refractivity (Wildman–Crippen MR) is 81.4 cm³/mol. The summed E-state index contributed by atoms with van der Waals surface area (Å²) < 4.78 is 6.60. The van der Waals surface area contributed by atoms with E-state index in [1.807, 2.05) is 51.1 Å². The molecule has 5 heteroatoms. The number of benzene rings is 1. The zero-order chi connectivity index (χ0) is 15.5. The summed E-state index contributed by atoms with van der Waals surface area (Å²) in [5, 5.41) is 3.69. The molecule has 0 fully saturated rings. The number of fused-ring (bicyclic) bond motifs is 1. The van der Waals surface area contributed by atoms with Crippen LogP contribution in [0.2, 0.25) is 0 Å². The molecule has 112 valence electrons. The van der Waals surface area contributed by atoms with Gasteiger partial charge < -0.3 is 10.1 Å². The second-order valence-electron chi connectivity index (χ2n) is 5.90. The molecule has 0 atom stereocenters. The number of hydrogen-bond acceptors (Lipinski definition) is 3. The lowest BCUT2D eigenvalue weighted by atomic mass is 10.1. The molecule has 0 unspecified atom stereocenters. The van der Waals surface area contributed by atoms with E-state index in [4.69, 9.17) is 4.74 Å². The smallest absolute Gasteiger partial charge is 0.407 e. The van der Waals surface area contributed by atoms with E-state index in [0.29, 0.717) is 0 Å². The second kappa shape index (κ2) is 5.99. The number of carbonyl (C=O) groups is 2. The average Bonchev–Trinajstić information content (AvgIpc) is 2.80. The molecule has 0 aliphatic rings. The Hall–Kier alpha value is -2.30. The van der Waals surface area contributed by atoms with Gasteiger partial charge >= 0.3 is 6.09 Å². The van der Waals surface area contributed by atoms with Gasteiger partial charge in [-0.1, -0.05) is 18.2 Å². The maximum atomic E-state index is 12.1. The number of hydrogen-bond donors (Lipinski definition) is 1. The number of rotatable bonds is 3. The summed E-state index contributed by atoms with van der Waals surface area (Å²) in [7, 11) is 0. The van der Waals surface area contributed by atoms with Crippen molar-refractivity contribution in [2.75, 3.05) is 6.61 Å². The Balaban J connectivity index is 1.89. The molecule has 0 aliphatic heterocycles. The van der Waals surface area contributed by atoms with Crippen LogP contribution in [0.3, 0.4) is 0 Å². The van der Waals surface area contributed by atoms with Crippen LogP contribution in [0.5, 0.6) is 0 Å². The molecule has 1 heterocycles. The van der Waals surface area contributed by atoms with Crippen molar-refractivity contribution in [1.82, 2.24) is 9.88 Å². The van der Waals surface area contributed by atoms with Gasteiger partial charge in [0.1, 0.15) is 6.61 Å². The van der Waals surface area contributed by atoms with Crippen molar-refractivity contribution in [3.05, 3.63) is 36.5 Å². The van der Waals surface area contributed by atoms with E-state index in [9.17, 15) is 9.59 Å². The standard InChI is InChI=1S/C16H20N2O3/c1-16(2,3)17-15(20)21-11-9-14(19)18-10-8-12-6-4-5-7-13(12)18/h4-8,10H,9,11H2,1-3H3,(H,17,20). The molecular weight excluding hydrogens is 268 g/mol. The Kier molecular flexibility index (Phi) is 4.31. The van der Waals surface area contributed by atoms with Gasteiger partial charge in [0.25, 0.3) is 0 Å². The molecule has 0 radical (unpaired) electrons. The third-order valence-electron chi connectivity index (χ3n) is 2.89. The van der Waals surface area contributed by atoms with Gasteiger partial charge in [-0.3, -0.25) is 9.36 Å². The van der Waals surface area contributed by atoms with E-state index < -0.39 is 6.09 Å². The molecule has 0 saturated heterocycles. The Labute approximate surface area is 123 Å². The van der Waals surface area contributed by atoms with Crippen LogP contribution >= 0.6 is 0 Å². The highest BCUT2D eigenvalue weighted by molar-refractivity contribution is 5.92. The second-order valence-corrected chi connectivity index (χ2v) is 5.90. The topological polar surface area (TPSA) is 60.3 Å². The Bertz CT molecular complexity index is 653. The van der Waals surface area contributed by atoms with Crippen LogP contribution in [0.1, 0.15) is 32.0 Å². The van der Waals surface area contributed by atoms with Crippen LogP contribution in [-0.4, -0.2) is 28.7 Å². The lowest BCUT2D eigenvalue weighted by Gasteiger charge is -2.19. The maximum absolute atomic E-state index is 12.1. The van der Waals surface area contributed by atoms with Crippen LogP contribution in [0.25, 0.3) is 10.9 Å². The number of nitrogens with zero attached hydrogens (tertiary/aromatic N) is 1. The minimum Gasteiger partial charge on any atom is -0.449 e. The highest BCUT2D eigenvalue weighted by atomic mass is 16.5. The molecule has 1 N–H and O–H groups in total. The van der Waals surface area contributed by atoms with Crippen LogP contribution in [0.15, 0.2) is 36.5 Å². The van der Waals surface area contributed by atoms with Crippen LogP contribution in [-0.2, 0) is 4.74 Å². The third kappa shape index (κ3) is 4.08. The molecule has 5 nitrogen and oxygen atoms in total. The highest BCUT2D eigenvalue weighted by Crippen LogP contribution is 2.15. The first kappa shape index (κ1) is 15.1. The molecule has 1 amide bonds. The minimum atomic E-state index is -0.507. The summed E-state index contributed by atoms with van der Waals surface area (Å²) >= 11 is 0. The number of aromatic nitrogens is 1. The SMILES string of the molecule is CC(C)(C)NC(=O)OCCC(=O)n1ccc2ccccc21. The fourth-order valence-corrected chi connectivity index (χ4v) is 1.99. The molecular formula is C16H20N2O3. The van der Waals surface area contributed by atoms with Crippen molar-refractivity contribution in [2.45, 2.75) is 32.7 Å². The van der Waals surface area contributed by atoms with Gasteiger partial charge in [-0.25, -0.2) is 4.79 Å². The van der Waals surface area contributed by atoms with Crippen LogP contribution in [0.4, 0.5) is 4.79 Å². The van der Waals surface area contributed by atoms with Gasteiger partial charge in [0.15, 0.2) is 0 Å². The first-order chi connectivity index (χ1) is 9.87. The van der Waals surface area contributed by atoms with Crippen LogP contribution < -0.4 is 5.32 Å². The molecule has 2 aromatic rings.